The van der Waals surface area contributed by atoms with Gasteiger partial charge in [-0.3, -0.25) is 0 Å². The lowest BCUT2D eigenvalue weighted by Gasteiger charge is -2.47. The van der Waals surface area contributed by atoms with Crippen LogP contribution in [0.25, 0.3) is 10.4 Å². The fourth-order valence-corrected chi connectivity index (χ4v) is 2.98. The second-order valence-electron chi connectivity index (χ2n) is 5.35. The van der Waals surface area contributed by atoms with Crippen LogP contribution in [0.4, 0.5) is 0 Å². The zero-order valence-electron chi connectivity index (χ0n) is 12.9. The van der Waals surface area contributed by atoms with Crippen molar-refractivity contribution in [3.63, 3.8) is 0 Å². The third-order valence-corrected chi connectivity index (χ3v) is 4.07. The summed E-state index contributed by atoms with van der Waals surface area (Å²) in [6.07, 6.45) is -2.58. The minimum absolute atomic E-state index is 0.317. The zero-order valence-corrected chi connectivity index (χ0v) is 12.9. The summed E-state index contributed by atoms with van der Waals surface area (Å²) in [7, 11) is 3.04. The van der Waals surface area contributed by atoms with E-state index in [4.69, 9.17) is 29.2 Å². The normalized spacial score (nSPS) is 36.8. The maximum absolute atomic E-state index is 8.90. The predicted molar refractivity (Wildman–Crippen MR) is 79.4 cm³/mol. The van der Waals surface area contributed by atoms with E-state index in [2.05, 4.69) is 10.0 Å². The molecule has 0 aromatic heterocycles. The van der Waals surface area contributed by atoms with Gasteiger partial charge in [0.1, 0.15) is 18.3 Å². The molecular weight excluding hydrogens is 302 g/mol. The van der Waals surface area contributed by atoms with E-state index in [1.807, 2.05) is 30.3 Å². The van der Waals surface area contributed by atoms with E-state index in [0.29, 0.717) is 6.61 Å². The summed E-state index contributed by atoms with van der Waals surface area (Å²) in [5.74, 6) is 0. The number of fused-ring (bicyclic) bond motifs is 1. The number of azide groups is 1. The molecule has 1 aromatic rings. The molecule has 4 unspecified atom stereocenters. The topological polar surface area (TPSA) is 94.9 Å². The predicted octanol–water partition coefficient (Wildman–Crippen LogP) is 2.17. The summed E-state index contributed by atoms with van der Waals surface area (Å²) in [6, 6.07) is 9.02. The molecule has 124 valence electrons. The molecule has 0 radical (unpaired) electrons. The number of rotatable bonds is 4. The van der Waals surface area contributed by atoms with Gasteiger partial charge in [-0.15, -0.1) is 0 Å². The molecule has 0 saturated carbocycles. The van der Waals surface area contributed by atoms with Gasteiger partial charge >= 0.3 is 0 Å². The minimum Gasteiger partial charge on any atom is -0.376 e. The van der Waals surface area contributed by atoms with Gasteiger partial charge < -0.3 is 23.7 Å². The van der Waals surface area contributed by atoms with Crippen molar-refractivity contribution in [2.75, 3.05) is 20.8 Å². The van der Waals surface area contributed by atoms with Gasteiger partial charge in [-0.2, -0.15) is 0 Å². The van der Waals surface area contributed by atoms with E-state index < -0.39 is 30.8 Å². The summed E-state index contributed by atoms with van der Waals surface area (Å²) >= 11 is 0. The van der Waals surface area contributed by atoms with Gasteiger partial charge in [0, 0.05) is 24.7 Å². The van der Waals surface area contributed by atoms with Crippen LogP contribution in [0, 0.1) is 0 Å². The van der Waals surface area contributed by atoms with Crippen molar-refractivity contribution in [2.45, 2.75) is 36.9 Å². The van der Waals surface area contributed by atoms with Gasteiger partial charge in [0.15, 0.2) is 12.6 Å². The quantitative estimate of drug-likeness (QED) is 0.481. The fraction of sp³-hybridized carbons (Fsp3) is 0.600. The number of methoxy groups -OCH3 is 2. The highest BCUT2D eigenvalue weighted by molar-refractivity contribution is 5.16. The Morgan fingerprint density at radius 2 is 1.96 bits per heavy atom. The Balaban J connectivity index is 1.84. The van der Waals surface area contributed by atoms with Crippen LogP contribution < -0.4 is 0 Å². The Morgan fingerprint density at radius 3 is 2.61 bits per heavy atom. The summed E-state index contributed by atoms with van der Waals surface area (Å²) in [4.78, 5) is 2.93. The summed E-state index contributed by atoms with van der Waals surface area (Å²) < 4.78 is 28.3. The van der Waals surface area contributed by atoms with E-state index >= 15 is 0 Å². The van der Waals surface area contributed by atoms with Crippen molar-refractivity contribution in [3.8, 4) is 0 Å². The molecule has 8 nitrogen and oxygen atoms in total. The average Bonchev–Trinajstić information content (AvgIpc) is 2.62. The molecule has 3 rings (SSSR count). The van der Waals surface area contributed by atoms with E-state index in [-0.39, 0.29) is 6.10 Å². The largest absolute Gasteiger partial charge is 0.376 e. The molecule has 0 N–H and O–H groups in total. The third kappa shape index (κ3) is 3.18. The van der Waals surface area contributed by atoms with Gasteiger partial charge in [0.05, 0.1) is 12.6 Å². The zero-order chi connectivity index (χ0) is 16.2. The van der Waals surface area contributed by atoms with Crippen molar-refractivity contribution < 1.29 is 23.7 Å². The molecule has 2 aliphatic rings. The van der Waals surface area contributed by atoms with Crippen molar-refractivity contribution in [3.05, 3.63) is 46.3 Å². The molecule has 8 heteroatoms. The van der Waals surface area contributed by atoms with Crippen LogP contribution in [-0.4, -0.2) is 51.5 Å². The van der Waals surface area contributed by atoms with Gasteiger partial charge in [-0.05, 0) is 5.53 Å². The third-order valence-electron chi connectivity index (χ3n) is 4.07. The Bertz CT molecular complexity index is 565. The minimum atomic E-state index is -0.641. The molecule has 1 aromatic carbocycles. The number of hydrogen-bond acceptors (Lipinski definition) is 6. The molecule has 0 aliphatic carbocycles. The van der Waals surface area contributed by atoms with E-state index in [0.717, 1.165) is 5.56 Å². The monoisotopic (exact) mass is 321 g/mol. The smallest absolute Gasteiger partial charge is 0.184 e. The maximum Gasteiger partial charge on any atom is 0.184 e. The molecule has 0 bridgehead atoms. The maximum atomic E-state index is 8.90. The molecule has 0 amide bonds. The Morgan fingerprint density at radius 1 is 1.17 bits per heavy atom. The van der Waals surface area contributed by atoms with Gasteiger partial charge in [-0.1, -0.05) is 35.4 Å². The van der Waals surface area contributed by atoms with Gasteiger partial charge in [0.25, 0.3) is 0 Å². The second-order valence-corrected chi connectivity index (χ2v) is 5.35. The van der Waals surface area contributed by atoms with Crippen LogP contribution in [0.5, 0.6) is 0 Å². The Hall–Kier alpha value is -1.67. The highest BCUT2D eigenvalue weighted by Crippen LogP contribution is 2.36. The van der Waals surface area contributed by atoms with Crippen LogP contribution in [-0.2, 0) is 23.7 Å². The lowest BCUT2D eigenvalue weighted by Crippen LogP contribution is -2.61. The highest BCUT2D eigenvalue weighted by atomic mass is 16.7. The SMILES string of the molecule is COC1OC2COC(c3ccccc3)O[C@@H]2[C@H](N=[N+]=[N-])C1OC. The second kappa shape index (κ2) is 7.27. The number of ether oxygens (including phenoxy) is 5. The Kier molecular flexibility index (Phi) is 5.12. The molecule has 23 heavy (non-hydrogen) atoms. The number of hydrogen-bond donors (Lipinski definition) is 0. The van der Waals surface area contributed by atoms with Gasteiger partial charge in [-0.25, -0.2) is 0 Å². The molecule has 0 spiro atoms. The van der Waals surface area contributed by atoms with Crippen molar-refractivity contribution in [2.24, 2.45) is 5.11 Å². The summed E-state index contributed by atoms with van der Waals surface area (Å²) in [6.45, 7) is 0.317. The van der Waals surface area contributed by atoms with Gasteiger partial charge in [0.2, 0.25) is 0 Å². The van der Waals surface area contributed by atoms with Crippen LogP contribution in [0.2, 0.25) is 0 Å². The molecular formula is C15H19N3O5. The first-order chi connectivity index (χ1) is 11.3. The van der Waals surface area contributed by atoms with E-state index in [1.165, 1.54) is 14.2 Å². The molecule has 2 saturated heterocycles. The van der Waals surface area contributed by atoms with E-state index in [1.54, 1.807) is 0 Å². The van der Waals surface area contributed by atoms with Crippen LogP contribution in [0.1, 0.15) is 11.9 Å². The van der Waals surface area contributed by atoms with Crippen LogP contribution in [0.15, 0.2) is 35.4 Å². The number of nitrogens with zero attached hydrogens (tertiary/aromatic N) is 3. The van der Waals surface area contributed by atoms with Crippen molar-refractivity contribution in [1.29, 1.82) is 0 Å². The van der Waals surface area contributed by atoms with Crippen molar-refractivity contribution >= 4 is 0 Å². The first kappa shape index (κ1) is 16.2. The summed E-state index contributed by atoms with van der Waals surface area (Å²) in [5.41, 5.74) is 9.80. The summed E-state index contributed by atoms with van der Waals surface area (Å²) in [5, 5.41) is 3.86. The molecule has 6 atom stereocenters. The average molecular weight is 321 g/mol. The fourth-order valence-electron chi connectivity index (χ4n) is 2.98. The van der Waals surface area contributed by atoms with Crippen LogP contribution in [0.3, 0.4) is 0 Å². The lowest BCUT2D eigenvalue weighted by atomic mass is 9.95. The first-order valence-electron chi connectivity index (χ1n) is 7.35. The molecule has 2 aliphatic heterocycles. The highest BCUT2D eigenvalue weighted by Gasteiger charge is 2.50. The Labute approximate surface area is 133 Å². The van der Waals surface area contributed by atoms with Crippen molar-refractivity contribution in [1.82, 2.24) is 0 Å². The van der Waals surface area contributed by atoms with E-state index in [9.17, 15) is 0 Å². The van der Waals surface area contributed by atoms with Crippen LogP contribution >= 0.6 is 0 Å². The molecule has 2 fully saturated rings. The lowest BCUT2D eigenvalue weighted by molar-refractivity contribution is -0.340. The molecule has 2 heterocycles. The standard InChI is InChI=1S/C15H19N3O5/c1-19-13-11(17-18-16)12-10(22-15(13)20-2)8-21-14(23-12)9-6-4-3-5-7-9/h3-7,10-15H,8H2,1-2H3/t10?,11-,12-,13?,14?,15?/m0/s1. The number of benzene rings is 1. The first-order valence-corrected chi connectivity index (χ1v) is 7.35.